The highest BCUT2D eigenvalue weighted by molar-refractivity contribution is 7.09. The summed E-state index contributed by atoms with van der Waals surface area (Å²) in [6.45, 7) is 2.88. The largest absolute Gasteiger partial charge is 0.325 e. The molecule has 1 N–H and O–H groups in total. The van der Waals surface area contributed by atoms with E-state index in [0.717, 1.165) is 27.5 Å². The first kappa shape index (κ1) is 18.6. The maximum Gasteiger partial charge on any atom is 0.238 e. The molecular weight excluding hydrogens is 366 g/mol. The van der Waals surface area contributed by atoms with Crippen molar-refractivity contribution in [3.63, 3.8) is 0 Å². The molecule has 0 spiro atoms. The van der Waals surface area contributed by atoms with E-state index in [0.29, 0.717) is 11.6 Å². The Balaban J connectivity index is 1.60. The van der Waals surface area contributed by atoms with Gasteiger partial charge in [0.25, 0.3) is 0 Å². The lowest BCUT2D eigenvalue weighted by molar-refractivity contribution is -0.117. The Bertz CT molecular complexity index is 909. The van der Waals surface area contributed by atoms with Crippen LogP contribution in [0.15, 0.2) is 53.9 Å². The number of nitrogens with zero attached hydrogens (tertiary/aromatic N) is 2. The summed E-state index contributed by atoms with van der Waals surface area (Å²) in [7, 11) is 1.90. The monoisotopic (exact) mass is 385 g/mol. The molecule has 0 unspecified atom stereocenters. The quantitative estimate of drug-likeness (QED) is 0.660. The summed E-state index contributed by atoms with van der Waals surface area (Å²) < 4.78 is 0. The molecule has 4 nitrogen and oxygen atoms in total. The molecule has 1 amide bonds. The second kappa shape index (κ2) is 8.45. The van der Waals surface area contributed by atoms with Gasteiger partial charge in [0.15, 0.2) is 0 Å². The molecule has 0 saturated carbocycles. The van der Waals surface area contributed by atoms with Gasteiger partial charge in [-0.2, -0.15) is 0 Å². The van der Waals surface area contributed by atoms with Crippen molar-refractivity contribution in [2.24, 2.45) is 0 Å². The summed E-state index contributed by atoms with van der Waals surface area (Å²) in [6.07, 6.45) is 0. The molecular formula is C20H20ClN3OS. The molecule has 0 bridgehead atoms. The number of thiazole rings is 1. The normalized spacial score (nSPS) is 10.9. The van der Waals surface area contributed by atoms with E-state index in [2.05, 4.69) is 10.3 Å². The number of aromatic nitrogens is 1. The number of amides is 1. The lowest BCUT2D eigenvalue weighted by Crippen LogP contribution is -2.29. The van der Waals surface area contributed by atoms with Crippen molar-refractivity contribution in [3.05, 3.63) is 69.5 Å². The van der Waals surface area contributed by atoms with E-state index in [4.69, 9.17) is 11.6 Å². The molecule has 6 heteroatoms. The molecule has 0 saturated heterocycles. The molecule has 0 atom stereocenters. The van der Waals surface area contributed by atoms with Gasteiger partial charge in [0.2, 0.25) is 5.91 Å². The van der Waals surface area contributed by atoms with Gasteiger partial charge in [-0.1, -0.05) is 41.9 Å². The average Bonchev–Trinajstić information content (AvgIpc) is 3.03. The predicted octanol–water partition coefficient (Wildman–Crippen LogP) is 4.84. The van der Waals surface area contributed by atoms with E-state index in [9.17, 15) is 4.79 Å². The van der Waals surface area contributed by atoms with Gasteiger partial charge >= 0.3 is 0 Å². The van der Waals surface area contributed by atoms with Gasteiger partial charge in [0.1, 0.15) is 0 Å². The number of halogens is 1. The van der Waals surface area contributed by atoms with Crippen molar-refractivity contribution < 1.29 is 4.79 Å². The Hall–Kier alpha value is -2.21. The number of aryl methyl sites for hydroxylation is 1. The maximum atomic E-state index is 12.4. The van der Waals surface area contributed by atoms with Gasteiger partial charge in [0, 0.05) is 28.2 Å². The summed E-state index contributed by atoms with van der Waals surface area (Å²) in [4.78, 5) is 18.8. The Morgan fingerprint density at radius 1 is 1.23 bits per heavy atom. The van der Waals surface area contributed by atoms with Crippen molar-refractivity contribution in [2.45, 2.75) is 13.5 Å². The van der Waals surface area contributed by atoms with Crippen molar-refractivity contribution in [3.8, 4) is 11.3 Å². The fourth-order valence-corrected chi connectivity index (χ4v) is 3.49. The van der Waals surface area contributed by atoms with Crippen LogP contribution in [-0.4, -0.2) is 29.4 Å². The standard InChI is InChI=1S/C20H20ClN3OS/c1-14-22-19(13-26-14)15-7-5-8-17(10-15)23-20(25)12-24(2)11-16-6-3-4-9-18(16)21/h3-10,13H,11-12H2,1-2H3,(H,23,25). The molecule has 0 aliphatic carbocycles. The van der Waals surface area contributed by atoms with Gasteiger partial charge in [-0.3, -0.25) is 9.69 Å². The number of likely N-dealkylation sites (N-methyl/N-ethyl adjacent to an activating group) is 1. The fraction of sp³-hybridized carbons (Fsp3) is 0.200. The molecule has 26 heavy (non-hydrogen) atoms. The van der Waals surface area contributed by atoms with Crippen LogP contribution in [0.4, 0.5) is 5.69 Å². The first-order valence-corrected chi connectivity index (χ1v) is 9.51. The van der Waals surface area contributed by atoms with Crippen molar-refractivity contribution in [1.29, 1.82) is 0 Å². The van der Waals surface area contributed by atoms with E-state index in [1.807, 2.05) is 72.8 Å². The summed E-state index contributed by atoms with van der Waals surface area (Å²) in [6, 6.07) is 15.4. The Kier molecular flexibility index (Phi) is 6.04. The first-order chi connectivity index (χ1) is 12.5. The fourth-order valence-electron chi connectivity index (χ4n) is 2.67. The minimum atomic E-state index is -0.0637. The summed E-state index contributed by atoms with van der Waals surface area (Å²) in [5.41, 5.74) is 3.70. The number of anilines is 1. The highest BCUT2D eigenvalue weighted by atomic mass is 35.5. The van der Waals surface area contributed by atoms with E-state index < -0.39 is 0 Å². The number of hydrogen-bond donors (Lipinski definition) is 1. The molecule has 1 heterocycles. The highest BCUT2D eigenvalue weighted by Crippen LogP contribution is 2.24. The molecule has 0 radical (unpaired) electrons. The summed E-state index contributed by atoms with van der Waals surface area (Å²) in [5, 5.41) is 6.71. The number of rotatable bonds is 6. The summed E-state index contributed by atoms with van der Waals surface area (Å²) >= 11 is 7.79. The highest BCUT2D eigenvalue weighted by Gasteiger charge is 2.10. The first-order valence-electron chi connectivity index (χ1n) is 8.25. The number of hydrogen-bond acceptors (Lipinski definition) is 4. The van der Waals surface area contributed by atoms with Gasteiger partial charge in [0.05, 0.1) is 17.2 Å². The maximum absolute atomic E-state index is 12.4. The van der Waals surface area contributed by atoms with Gasteiger partial charge in [-0.05, 0) is 37.7 Å². The minimum Gasteiger partial charge on any atom is -0.325 e. The lowest BCUT2D eigenvalue weighted by atomic mass is 10.1. The lowest BCUT2D eigenvalue weighted by Gasteiger charge is -2.17. The van der Waals surface area contributed by atoms with E-state index >= 15 is 0 Å². The Labute approximate surface area is 162 Å². The third-order valence-corrected chi connectivity index (χ3v) is 5.01. The zero-order valence-corrected chi connectivity index (χ0v) is 16.3. The van der Waals surface area contributed by atoms with Gasteiger partial charge < -0.3 is 5.32 Å². The Morgan fingerprint density at radius 3 is 2.77 bits per heavy atom. The van der Waals surface area contributed by atoms with Crippen molar-refractivity contribution >= 4 is 34.5 Å². The Morgan fingerprint density at radius 2 is 2.04 bits per heavy atom. The third kappa shape index (κ3) is 4.91. The smallest absolute Gasteiger partial charge is 0.238 e. The van der Waals surface area contributed by atoms with Crippen LogP contribution in [-0.2, 0) is 11.3 Å². The van der Waals surface area contributed by atoms with Crippen LogP contribution >= 0.6 is 22.9 Å². The van der Waals surface area contributed by atoms with Crippen molar-refractivity contribution in [2.75, 3.05) is 18.9 Å². The number of carbonyl (C=O) groups excluding carboxylic acids is 1. The minimum absolute atomic E-state index is 0.0637. The summed E-state index contributed by atoms with van der Waals surface area (Å²) in [5.74, 6) is -0.0637. The van der Waals surface area contributed by atoms with Crippen LogP contribution in [0.5, 0.6) is 0 Å². The molecule has 3 rings (SSSR count). The molecule has 3 aromatic rings. The molecule has 0 fully saturated rings. The molecule has 2 aromatic carbocycles. The second-order valence-corrected chi connectivity index (χ2v) is 7.61. The predicted molar refractivity (Wildman–Crippen MR) is 109 cm³/mol. The number of nitrogens with one attached hydrogen (secondary N) is 1. The number of carbonyl (C=O) groups is 1. The van der Waals surface area contributed by atoms with E-state index in [1.165, 1.54) is 0 Å². The average molecular weight is 386 g/mol. The van der Waals surface area contributed by atoms with Crippen molar-refractivity contribution in [1.82, 2.24) is 9.88 Å². The topological polar surface area (TPSA) is 45.2 Å². The van der Waals surface area contributed by atoms with Crippen LogP contribution in [0.1, 0.15) is 10.6 Å². The SMILES string of the molecule is Cc1nc(-c2cccc(NC(=O)CN(C)Cc3ccccc3Cl)c2)cs1. The van der Waals surface area contributed by atoms with Crippen LogP contribution in [0.2, 0.25) is 5.02 Å². The number of benzene rings is 2. The van der Waals surface area contributed by atoms with E-state index in [-0.39, 0.29) is 12.5 Å². The second-order valence-electron chi connectivity index (χ2n) is 6.14. The van der Waals surface area contributed by atoms with Crippen LogP contribution in [0, 0.1) is 6.92 Å². The van der Waals surface area contributed by atoms with Crippen LogP contribution in [0.3, 0.4) is 0 Å². The third-order valence-electron chi connectivity index (χ3n) is 3.87. The zero-order valence-electron chi connectivity index (χ0n) is 14.7. The molecule has 1 aromatic heterocycles. The zero-order chi connectivity index (χ0) is 18.5. The molecule has 0 aliphatic heterocycles. The van der Waals surface area contributed by atoms with Gasteiger partial charge in [-0.25, -0.2) is 4.98 Å². The van der Waals surface area contributed by atoms with Crippen LogP contribution < -0.4 is 5.32 Å². The van der Waals surface area contributed by atoms with Gasteiger partial charge in [-0.15, -0.1) is 11.3 Å². The van der Waals surface area contributed by atoms with Crippen LogP contribution in [0.25, 0.3) is 11.3 Å². The molecule has 134 valence electrons. The molecule has 0 aliphatic rings. The van der Waals surface area contributed by atoms with E-state index in [1.54, 1.807) is 11.3 Å².